The first-order valence-electron chi connectivity index (χ1n) is 14.7. The zero-order valence-corrected chi connectivity index (χ0v) is 25.0. The Bertz CT molecular complexity index is 2120. The molecule has 45 heavy (non-hydrogen) atoms. The number of nitrogens with zero attached hydrogens (tertiary/aromatic N) is 4. The van der Waals surface area contributed by atoms with E-state index in [1.807, 2.05) is 85.9 Å². The largest absolute Gasteiger partial charge is 0.487 e. The molecule has 0 aliphatic rings. The maximum Gasteiger partial charge on any atom is 0.138 e. The third kappa shape index (κ3) is 5.91. The average molecular weight is 598 g/mol. The Morgan fingerprint density at radius 1 is 0.822 bits per heavy atom. The topological polar surface area (TPSA) is 109 Å². The van der Waals surface area contributed by atoms with Crippen LogP contribution in [0.2, 0.25) is 0 Å². The normalized spacial score (nSPS) is 12.3. The van der Waals surface area contributed by atoms with Crippen molar-refractivity contribution in [1.82, 2.24) is 30.0 Å². The highest BCUT2D eigenvalue weighted by Gasteiger charge is 2.17. The number of aromatic amines is 2. The average Bonchev–Trinajstić information content (AvgIpc) is 3.68. The molecule has 4 aromatic heterocycles. The molecule has 3 aromatic carbocycles. The molecule has 0 saturated carbocycles. The van der Waals surface area contributed by atoms with Gasteiger partial charge in [0, 0.05) is 46.9 Å². The van der Waals surface area contributed by atoms with Crippen molar-refractivity contribution in [1.29, 1.82) is 0 Å². The Balaban J connectivity index is 1.22. The van der Waals surface area contributed by atoms with E-state index in [1.165, 1.54) is 12.1 Å². The zero-order chi connectivity index (χ0) is 30.9. The van der Waals surface area contributed by atoms with Crippen LogP contribution in [0.1, 0.15) is 17.2 Å². The van der Waals surface area contributed by atoms with Crippen LogP contribution in [-0.2, 0) is 6.61 Å². The molecule has 224 valence electrons. The van der Waals surface area contributed by atoms with Gasteiger partial charge in [0.25, 0.3) is 0 Å². The van der Waals surface area contributed by atoms with Crippen molar-refractivity contribution in [2.24, 2.45) is 5.73 Å². The molecule has 0 amide bonds. The van der Waals surface area contributed by atoms with Gasteiger partial charge < -0.3 is 20.4 Å². The van der Waals surface area contributed by atoms with E-state index in [-0.39, 0.29) is 11.9 Å². The van der Waals surface area contributed by atoms with Gasteiger partial charge in [0.2, 0.25) is 0 Å². The minimum Gasteiger partial charge on any atom is -0.487 e. The van der Waals surface area contributed by atoms with Crippen LogP contribution in [0.15, 0.2) is 104 Å². The van der Waals surface area contributed by atoms with Crippen molar-refractivity contribution in [3.05, 3.63) is 121 Å². The lowest BCUT2D eigenvalue weighted by Gasteiger charge is -2.18. The van der Waals surface area contributed by atoms with Gasteiger partial charge >= 0.3 is 0 Å². The molecule has 9 heteroatoms. The fourth-order valence-corrected chi connectivity index (χ4v) is 5.68. The first-order valence-corrected chi connectivity index (χ1v) is 14.7. The SMILES string of the molecule is CN(C)CC(N)c1cc(F)cc(-c2cncc3[nH]c(-c4n[nH]c5ccc(-c6cncc(OCc7ccccc7)c6)cc45)cc23)c1. The summed E-state index contributed by atoms with van der Waals surface area (Å²) in [5.74, 6) is 0.363. The lowest BCUT2D eigenvalue weighted by molar-refractivity contribution is 0.305. The van der Waals surface area contributed by atoms with E-state index >= 15 is 0 Å². The van der Waals surface area contributed by atoms with Gasteiger partial charge in [-0.05, 0) is 78.8 Å². The first-order chi connectivity index (χ1) is 21.9. The minimum atomic E-state index is -0.334. The van der Waals surface area contributed by atoms with Crippen LogP contribution in [0.4, 0.5) is 4.39 Å². The molecule has 0 aliphatic carbocycles. The summed E-state index contributed by atoms with van der Waals surface area (Å²) in [6, 6.07) is 24.9. The van der Waals surface area contributed by atoms with Crippen molar-refractivity contribution >= 4 is 21.8 Å². The standard InChI is InChI=1S/C36H32FN7O/c1-44(2)20-32(38)25-10-24(11-27(37)12-25)31-18-40-19-35-29(31)15-34(41-35)36-30-14-23(8-9-33(30)42-43-36)26-13-28(17-39-16-26)45-21-22-6-4-3-5-7-22/h3-19,32,41H,20-21,38H2,1-2H3,(H,42,43). The summed E-state index contributed by atoms with van der Waals surface area (Å²) in [6.07, 6.45) is 7.08. The highest BCUT2D eigenvalue weighted by molar-refractivity contribution is 6.01. The highest BCUT2D eigenvalue weighted by atomic mass is 19.1. The fourth-order valence-electron chi connectivity index (χ4n) is 5.68. The molecule has 7 rings (SSSR count). The van der Waals surface area contributed by atoms with Gasteiger partial charge in [-0.25, -0.2) is 4.39 Å². The van der Waals surface area contributed by atoms with Crippen LogP contribution >= 0.6 is 0 Å². The molecule has 0 radical (unpaired) electrons. The number of nitrogens with two attached hydrogens (primary N) is 1. The number of likely N-dealkylation sites (N-methyl/N-ethyl adjacent to an activating group) is 1. The molecule has 0 saturated heterocycles. The number of ether oxygens (including phenoxy) is 1. The Hall–Kier alpha value is -5.38. The van der Waals surface area contributed by atoms with Crippen LogP contribution < -0.4 is 10.5 Å². The molecule has 8 nitrogen and oxygen atoms in total. The Kier molecular flexibility index (Phi) is 7.54. The van der Waals surface area contributed by atoms with Gasteiger partial charge in [0.1, 0.15) is 23.9 Å². The van der Waals surface area contributed by atoms with Crippen LogP contribution in [0.25, 0.3) is 55.4 Å². The lowest BCUT2D eigenvalue weighted by atomic mass is 9.98. The van der Waals surface area contributed by atoms with E-state index in [0.29, 0.717) is 18.9 Å². The summed E-state index contributed by atoms with van der Waals surface area (Å²) in [4.78, 5) is 14.3. The molecule has 0 spiro atoms. The van der Waals surface area contributed by atoms with Crippen LogP contribution in [-0.4, -0.2) is 50.7 Å². The highest BCUT2D eigenvalue weighted by Crippen LogP contribution is 2.36. The van der Waals surface area contributed by atoms with E-state index in [0.717, 1.165) is 66.6 Å². The molecular weight excluding hydrogens is 565 g/mol. The van der Waals surface area contributed by atoms with Gasteiger partial charge in [0.05, 0.1) is 29.1 Å². The molecule has 4 N–H and O–H groups in total. The van der Waals surface area contributed by atoms with Gasteiger partial charge in [-0.1, -0.05) is 36.4 Å². The summed E-state index contributed by atoms with van der Waals surface area (Å²) in [5.41, 5.74) is 15.0. The summed E-state index contributed by atoms with van der Waals surface area (Å²) in [5, 5.41) is 9.68. The molecular formula is C36H32FN7O. The number of pyridine rings is 2. The van der Waals surface area contributed by atoms with Crippen molar-refractivity contribution in [3.63, 3.8) is 0 Å². The van der Waals surface area contributed by atoms with Gasteiger partial charge in [-0.2, -0.15) is 5.10 Å². The number of hydrogen-bond donors (Lipinski definition) is 3. The third-order valence-corrected chi connectivity index (χ3v) is 7.88. The summed E-state index contributed by atoms with van der Waals surface area (Å²) < 4.78 is 20.8. The maximum absolute atomic E-state index is 14.8. The van der Waals surface area contributed by atoms with Crippen molar-refractivity contribution in [3.8, 4) is 39.4 Å². The summed E-state index contributed by atoms with van der Waals surface area (Å²) in [7, 11) is 3.90. The second-order valence-corrected chi connectivity index (χ2v) is 11.5. The molecule has 1 atom stereocenters. The molecule has 7 aromatic rings. The second-order valence-electron chi connectivity index (χ2n) is 11.5. The number of benzene rings is 3. The zero-order valence-electron chi connectivity index (χ0n) is 25.0. The fraction of sp³-hybridized carbons (Fsp3) is 0.139. The second kappa shape index (κ2) is 12.0. The smallest absolute Gasteiger partial charge is 0.138 e. The van der Waals surface area contributed by atoms with E-state index in [9.17, 15) is 4.39 Å². The van der Waals surface area contributed by atoms with Crippen molar-refractivity contribution < 1.29 is 9.13 Å². The van der Waals surface area contributed by atoms with E-state index < -0.39 is 0 Å². The Labute approximate surface area is 259 Å². The van der Waals surface area contributed by atoms with Gasteiger partial charge in [-0.15, -0.1) is 0 Å². The number of halogens is 1. The van der Waals surface area contributed by atoms with Crippen molar-refractivity contribution in [2.45, 2.75) is 12.6 Å². The van der Waals surface area contributed by atoms with Gasteiger partial charge in [-0.3, -0.25) is 15.1 Å². The quantitative estimate of drug-likeness (QED) is 0.164. The van der Waals surface area contributed by atoms with Crippen LogP contribution in [0, 0.1) is 5.82 Å². The van der Waals surface area contributed by atoms with E-state index in [1.54, 1.807) is 18.6 Å². The van der Waals surface area contributed by atoms with Crippen LogP contribution in [0.3, 0.4) is 0 Å². The number of H-pyrrole nitrogens is 2. The summed E-state index contributed by atoms with van der Waals surface area (Å²) in [6.45, 7) is 1.07. The number of nitrogens with one attached hydrogen (secondary N) is 2. The predicted molar refractivity (Wildman–Crippen MR) is 176 cm³/mol. The number of rotatable bonds is 9. The van der Waals surface area contributed by atoms with Gasteiger partial charge in [0.15, 0.2) is 0 Å². The summed E-state index contributed by atoms with van der Waals surface area (Å²) >= 11 is 0. The van der Waals surface area contributed by atoms with E-state index in [4.69, 9.17) is 10.5 Å². The van der Waals surface area contributed by atoms with Crippen LogP contribution in [0.5, 0.6) is 5.75 Å². The predicted octanol–water partition coefficient (Wildman–Crippen LogP) is 7.11. The van der Waals surface area contributed by atoms with Crippen molar-refractivity contribution in [2.75, 3.05) is 20.6 Å². The number of hydrogen-bond acceptors (Lipinski definition) is 6. The Morgan fingerprint density at radius 2 is 1.67 bits per heavy atom. The molecule has 0 aliphatic heterocycles. The Morgan fingerprint density at radius 3 is 2.51 bits per heavy atom. The third-order valence-electron chi connectivity index (χ3n) is 7.88. The minimum absolute atomic E-state index is 0.320. The molecule has 0 bridgehead atoms. The maximum atomic E-state index is 14.8. The molecule has 1 unspecified atom stereocenters. The molecule has 0 fully saturated rings. The molecule has 4 heterocycles. The number of fused-ring (bicyclic) bond motifs is 2. The lowest BCUT2D eigenvalue weighted by Crippen LogP contribution is -2.26. The first kappa shape index (κ1) is 28.4. The monoisotopic (exact) mass is 597 g/mol. The van der Waals surface area contributed by atoms with E-state index in [2.05, 4.69) is 31.2 Å². The number of aromatic nitrogens is 5.